The van der Waals surface area contributed by atoms with Gasteiger partial charge in [-0.05, 0) is 31.5 Å². The predicted molar refractivity (Wildman–Crippen MR) is 83.6 cm³/mol. The summed E-state index contributed by atoms with van der Waals surface area (Å²) in [4.78, 5) is 10.9. The number of nitrogens with one attached hydrogen (secondary N) is 2. The predicted octanol–water partition coefficient (Wildman–Crippen LogP) is 2.85. The normalized spacial score (nSPS) is 13.2. The summed E-state index contributed by atoms with van der Waals surface area (Å²) in [5.41, 5.74) is 1.10. The Morgan fingerprint density at radius 1 is 1.52 bits per heavy atom. The largest absolute Gasteiger partial charge is 0.481 e. The summed E-state index contributed by atoms with van der Waals surface area (Å²) in [6.07, 6.45) is 0.976. The van der Waals surface area contributed by atoms with Gasteiger partial charge in [0.25, 0.3) is 0 Å². The first kappa shape index (κ1) is 17.3. The van der Waals surface area contributed by atoms with Crippen LogP contribution >= 0.6 is 11.6 Å². The molecule has 1 rings (SSSR count). The third kappa shape index (κ3) is 6.03. The Morgan fingerprint density at radius 2 is 2.24 bits per heavy atom. The molecule has 0 aliphatic carbocycles. The maximum atomic E-state index is 10.9. The van der Waals surface area contributed by atoms with Gasteiger partial charge in [-0.3, -0.25) is 4.79 Å². The number of halogens is 1. The Balaban J connectivity index is 2.73. The number of anilines is 1. The maximum Gasteiger partial charge on any atom is 0.305 e. The fraction of sp³-hybridized carbons (Fsp3) is 0.467. The number of hydrogen-bond donors (Lipinski definition) is 3. The number of carboxylic acids is 1. The average Bonchev–Trinajstić information content (AvgIpc) is 2.44. The topological polar surface area (TPSA) is 85.2 Å². The summed E-state index contributed by atoms with van der Waals surface area (Å²) in [6, 6.07) is 7.04. The summed E-state index contributed by atoms with van der Waals surface area (Å²) in [7, 11) is 0. The highest BCUT2D eigenvalue weighted by Gasteiger charge is 2.14. The fourth-order valence-electron chi connectivity index (χ4n) is 1.80. The Morgan fingerprint density at radius 3 is 2.76 bits per heavy atom. The summed E-state index contributed by atoms with van der Waals surface area (Å²) in [5.74, 6) is -0.863. The second-order valence-electron chi connectivity index (χ2n) is 4.96. The fourth-order valence-corrected chi connectivity index (χ4v) is 2.03. The van der Waals surface area contributed by atoms with Gasteiger partial charge in [0, 0.05) is 24.3 Å². The van der Waals surface area contributed by atoms with E-state index in [2.05, 4.69) is 24.5 Å². The molecule has 0 amide bonds. The lowest BCUT2D eigenvalue weighted by atomic mass is 10.1. The van der Waals surface area contributed by atoms with E-state index in [1.165, 1.54) is 0 Å². The first-order valence-electron chi connectivity index (χ1n) is 6.87. The number of aliphatic carboxylic acids is 1. The number of hydrogen-bond acceptors (Lipinski definition) is 4. The molecule has 0 saturated heterocycles. The van der Waals surface area contributed by atoms with Crippen molar-refractivity contribution in [3.8, 4) is 6.07 Å². The molecule has 0 heterocycles. The van der Waals surface area contributed by atoms with E-state index >= 15 is 0 Å². The first-order chi connectivity index (χ1) is 9.96. The molecule has 114 valence electrons. The molecule has 0 saturated carbocycles. The monoisotopic (exact) mass is 309 g/mol. The molecule has 0 bridgehead atoms. The van der Waals surface area contributed by atoms with E-state index in [-0.39, 0.29) is 12.5 Å². The molecule has 0 spiro atoms. The highest BCUT2D eigenvalue weighted by Crippen LogP contribution is 2.21. The van der Waals surface area contributed by atoms with Crippen LogP contribution in [0.25, 0.3) is 0 Å². The maximum absolute atomic E-state index is 10.9. The quantitative estimate of drug-likeness (QED) is 0.687. The van der Waals surface area contributed by atoms with Gasteiger partial charge in [0.05, 0.1) is 17.0 Å². The molecule has 0 aliphatic rings. The minimum atomic E-state index is -0.863. The number of benzene rings is 1. The molecule has 0 fully saturated rings. The van der Waals surface area contributed by atoms with Gasteiger partial charge < -0.3 is 15.7 Å². The Labute approximate surface area is 129 Å². The van der Waals surface area contributed by atoms with Gasteiger partial charge in [-0.1, -0.05) is 18.5 Å². The van der Waals surface area contributed by atoms with Crippen LogP contribution in [0.5, 0.6) is 0 Å². The molecule has 3 N–H and O–H groups in total. The number of rotatable bonds is 8. The molecule has 1 unspecified atom stereocenters. The van der Waals surface area contributed by atoms with Crippen molar-refractivity contribution in [1.82, 2.24) is 5.32 Å². The minimum absolute atomic E-state index is 0.00105. The van der Waals surface area contributed by atoms with Crippen molar-refractivity contribution in [3.05, 3.63) is 28.8 Å². The summed E-state index contributed by atoms with van der Waals surface area (Å²) in [5, 5.41) is 24.6. The third-order valence-electron chi connectivity index (χ3n) is 3.21. The van der Waals surface area contributed by atoms with Gasteiger partial charge in [0.1, 0.15) is 6.07 Å². The Kier molecular flexibility index (Phi) is 7.00. The first-order valence-corrected chi connectivity index (χ1v) is 7.25. The van der Waals surface area contributed by atoms with Crippen molar-refractivity contribution in [2.24, 2.45) is 0 Å². The van der Waals surface area contributed by atoms with Crippen LogP contribution in [-0.4, -0.2) is 29.7 Å². The molecule has 21 heavy (non-hydrogen) atoms. The molecule has 1 aromatic carbocycles. The molecule has 5 nitrogen and oxygen atoms in total. The number of carboxylic acid groups (broad SMARTS) is 1. The van der Waals surface area contributed by atoms with Gasteiger partial charge in [-0.15, -0.1) is 0 Å². The van der Waals surface area contributed by atoms with E-state index < -0.39 is 5.97 Å². The van der Waals surface area contributed by atoms with E-state index in [0.717, 1.165) is 6.42 Å². The smallest absolute Gasteiger partial charge is 0.305 e. The van der Waals surface area contributed by atoms with E-state index in [9.17, 15) is 4.79 Å². The zero-order valence-electron chi connectivity index (χ0n) is 12.2. The molecule has 0 radical (unpaired) electrons. The van der Waals surface area contributed by atoms with E-state index in [1.807, 2.05) is 6.07 Å². The third-order valence-corrected chi connectivity index (χ3v) is 3.52. The Hall–Kier alpha value is -1.77. The van der Waals surface area contributed by atoms with Gasteiger partial charge >= 0.3 is 5.97 Å². The SMILES string of the molecule is CCC(C)NC[C@H](CC(=O)O)Nc1ccc(C#N)c(Cl)c1. The molecule has 0 aromatic heterocycles. The van der Waals surface area contributed by atoms with Crippen molar-refractivity contribution >= 4 is 23.3 Å². The lowest BCUT2D eigenvalue weighted by Gasteiger charge is -2.21. The van der Waals surface area contributed by atoms with Crippen molar-refractivity contribution in [2.75, 3.05) is 11.9 Å². The van der Waals surface area contributed by atoms with E-state index in [4.69, 9.17) is 22.0 Å². The molecule has 1 aromatic rings. The lowest BCUT2D eigenvalue weighted by Crippen LogP contribution is -2.38. The van der Waals surface area contributed by atoms with Gasteiger partial charge in [0.15, 0.2) is 0 Å². The van der Waals surface area contributed by atoms with Crippen molar-refractivity contribution in [1.29, 1.82) is 5.26 Å². The van der Waals surface area contributed by atoms with Crippen LogP contribution in [0.3, 0.4) is 0 Å². The van der Waals surface area contributed by atoms with Crippen LogP contribution in [0.15, 0.2) is 18.2 Å². The molecular weight excluding hydrogens is 290 g/mol. The lowest BCUT2D eigenvalue weighted by molar-refractivity contribution is -0.137. The second kappa shape index (κ2) is 8.50. The zero-order chi connectivity index (χ0) is 15.8. The zero-order valence-corrected chi connectivity index (χ0v) is 12.9. The molecule has 2 atom stereocenters. The van der Waals surface area contributed by atoms with E-state index in [0.29, 0.717) is 28.9 Å². The highest BCUT2D eigenvalue weighted by molar-refractivity contribution is 6.32. The number of nitrogens with zero attached hydrogens (tertiary/aromatic N) is 1. The van der Waals surface area contributed by atoms with Crippen LogP contribution in [-0.2, 0) is 4.79 Å². The van der Waals surface area contributed by atoms with Crippen LogP contribution in [0.4, 0.5) is 5.69 Å². The summed E-state index contributed by atoms with van der Waals surface area (Å²) >= 11 is 5.97. The second-order valence-corrected chi connectivity index (χ2v) is 5.37. The van der Waals surface area contributed by atoms with Crippen LogP contribution < -0.4 is 10.6 Å². The minimum Gasteiger partial charge on any atom is -0.481 e. The highest BCUT2D eigenvalue weighted by atomic mass is 35.5. The molecule has 0 aliphatic heterocycles. The molecule has 6 heteroatoms. The van der Waals surface area contributed by atoms with Crippen molar-refractivity contribution in [3.63, 3.8) is 0 Å². The standard InChI is InChI=1S/C15H20ClN3O2/c1-3-10(2)18-9-13(7-15(20)21)19-12-5-4-11(8-17)14(16)6-12/h4-6,10,13,18-19H,3,7,9H2,1-2H3,(H,20,21)/t10?,13-/m0/s1. The van der Waals surface area contributed by atoms with Gasteiger partial charge in [-0.2, -0.15) is 5.26 Å². The van der Waals surface area contributed by atoms with Crippen LogP contribution in [0.2, 0.25) is 5.02 Å². The van der Waals surface area contributed by atoms with Gasteiger partial charge in [0.2, 0.25) is 0 Å². The van der Waals surface area contributed by atoms with Crippen LogP contribution in [0.1, 0.15) is 32.3 Å². The average molecular weight is 310 g/mol. The van der Waals surface area contributed by atoms with Gasteiger partial charge in [-0.25, -0.2) is 0 Å². The van der Waals surface area contributed by atoms with Crippen molar-refractivity contribution in [2.45, 2.75) is 38.8 Å². The Bertz CT molecular complexity index is 528. The van der Waals surface area contributed by atoms with Crippen molar-refractivity contribution < 1.29 is 9.90 Å². The summed E-state index contributed by atoms with van der Waals surface area (Å²) < 4.78 is 0. The number of nitriles is 1. The summed E-state index contributed by atoms with van der Waals surface area (Å²) in [6.45, 7) is 4.66. The molecular formula is C15H20ClN3O2. The number of carbonyl (C=O) groups is 1. The van der Waals surface area contributed by atoms with E-state index in [1.54, 1.807) is 18.2 Å². The van der Waals surface area contributed by atoms with Crippen LogP contribution in [0, 0.1) is 11.3 Å².